The summed E-state index contributed by atoms with van der Waals surface area (Å²) < 4.78 is 16.0. The highest BCUT2D eigenvalue weighted by molar-refractivity contribution is 5.48. The van der Waals surface area contributed by atoms with Crippen molar-refractivity contribution < 1.29 is 19.3 Å². The number of hydrogen-bond donors (Lipinski definition) is 2. The molecule has 2 atom stereocenters. The molecule has 0 saturated carbocycles. The number of aryl methyl sites for hydroxylation is 1. The summed E-state index contributed by atoms with van der Waals surface area (Å²) in [6.45, 7) is 0.527. The normalized spacial score (nSPS) is 17.3. The second-order valence-electron chi connectivity index (χ2n) is 6.61. The van der Waals surface area contributed by atoms with Gasteiger partial charge in [0.25, 0.3) is 0 Å². The minimum absolute atomic E-state index is 0.341. The van der Waals surface area contributed by atoms with Gasteiger partial charge in [0.1, 0.15) is 5.75 Å². The Morgan fingerprint density at radius 1 is 1.00 bits per heavy atom. The standard InChI is InChI=1S/C21H27NO4/c1-24-18-8-5-14(6-9-18)19(23)13-22-17-7-4-15-11-20(25-2)21(26-3)12-16(15)10-17/h5-6,8-9,11-12,17,19,22-23H,4,7,10,13H2,1-3H3. The zero-order valence-electron chi connectivity index (χ0n) is 15.6. The van der Waals surface area contributed by atoms with Crippen molar-refractivity contribution in [1.29, 1.82) is 0 Å². The van der Waals surface area contributed by atoms with E-state index in [1.54, 1.807) is 21.3 Å². The van der Waals surface area contributed by atoms with Crippen LogP contribution in [-0.2, 0) is 12.8 Å². The van der Waals surface area contributed by atoms with Gasteiger partial charge in [-0.3, -0.25) is 0 Å². The van der Waals surface area contributed by atoms with Gasteiger partial charge in [0, 0.05) is 12.6 Å². The first-order chi connectivity index (χ1) is 12.6. The van der Waals surface area contributed by atoms with E-state index in [0.717, 1.165) is 42.1 Å². The minimum atomic E-state index is -0.535. The molecule has 0 saturated heterocycles. The predicted octanol–water partition coefficient (Wildman–Crippen LogP) is 2.89. The summed E-state index contributed by atoms with van der Waals surface area (Å²) in [5.74, 6) is 2.35. The van der Waals surface area contributed by atoms with Gasteiger partial charge in [0.2, 0.25) is 0 Å². The first-order valence-electron chi connectivity index (χ1n) is 8.93. The van der Waals surface area contributed by atoms with Crippen LogP contribution >= 0.6 is 0 Å². The largest absolute Gasteiger partial charge is 0.497 e. The third-order valence-electron chi connectivity index (χ3n) is 5.03. The molecule has 0 aliphatic heterocycles. The van der Waals surface area contributed by atoms with E-state index < -0.39 is 6.10 Å². The lowest BCUT2D eigenvalue weighted by Gasteiger charge is -2.27. The molecule has 0 fully saturated rings. The maximum absolute atomic E-state index is 10.4. The maximum Gasteiger partial charge on any atom is 0.161 e. The number of ether oxygens (including phenoxy) is 3. The van der Waals surface area contributed by atoms with Crippen molar-refractivity contribution in [2.75, 3.05) is 27.9 Å². The highest BCUT2D eigenvalue weighted by Gasteiger charge is 2.21. The van der Waals surface area contributed by atoms with Crippen molar-refractivity contribution in [2.45, 2.75) is 31.4 Å². The molecule has 2 N–H and O–H groups in total. The van der Waals surface area contributed by atoms with Gasteiger partial charge in [0.05, 0.1) is 27.4 Å². The van der Waals surface area contributed by atoms with Gasteiger partial charge in [-0.05, 0) is 60.2 Å². The van der Waals surface area contributed by atoms with Gasteiger partial charge in [-0.15, -0.1) is 0 Å². The maximum atomic E-state index is 10.4. The average molecular weight is 357 g/mol. The van der Waals surface area contributed by atoms with Crippen molar-refractivity contribution in [3.05, 3.63) is 53.1 Å². The highest BCUT2D eigenvalue weighted by atomic mass is 16.5. The van der Waals surface area contributed by atoms with Crippen LogP contribution in [-0.4, -0.2) is 39.0 Å². The monoisotopic (exact) mass is 357 g/mol. The van der Waals surface area contributed by atoms with E-state index in [4.69, 9.17) is 14.2 Å². The molecule has 1 aliphatic rings. The zero-order valence-corrected chi connectivity index (χ0v) is 15.6. The van der Waals surface area contributed by atoms with Crippen LogP contribution in [0.1, 0.15) is 29.2 Å². The predicted molar refractivity (Wildman–Crippen MR) is 101 cm³/mol. The van der Waals surface area contributed by atoms with Crippen molar-refractivity contribution in [3.63, 3.8) is 0 Å². The number of aliphatic hydroxyl groups excluding tert-OH is 1. The molecule has 0 heterocycles. The van der Waals surface area contributed by atoms with E-state index in [-0.39, 0.29) is 0 Å². The van der Waals surface area contributed by atoms with Gasteiger partial charge in [-0.2, -0.15) is 0 Å². The van der Waals surface area contributed by atoms with Crippen molar-refractivity contribution in [1.82, 2.24) is 5.32 Å². The summed E-state index contributed by atoms with van der Waals surface area (Å²) in [5.41, 5.74) is 3.49. The fourth-order valence-electron chi connectivity index (χ4n) is 3.48. The Hall–Kier alpha value is -2.24. The molecular weight excluding hydrogens is 330 g/mol. The Bertz CT molecular complexity index is 730. The quantitative estimate of drug-likeness (QED) is 0.798. The van der Waals surface area contributed by atoms with E-state index in [1.807, 2.05) is 24.3 Å². The fourth-order valence-corrected chi connectivity index (χ4v) is 3.48. The molecule has 0 bridgehead atoms. The SMILES string of the molecule is COc1ccc(C(O)CNC2CCc3cc(OC)c(OC)cc3C2)cc1. The summed E-state index contributed by atoms with van der Waals surface area (Å²) in [4.78, 5) is 0. The molecule has 3 rings (SSSR count). The lowest BCUT2D eigenvalue weighted by molar-refractivity contribution is 0.168. The molecule has 2 aromatic rings. The summed E-state index contributed by atoms with van der Waals surface area (Å²) in [6.07, 6.45) is 2.42. The topological polar surface area (TPSA) is 60.0 Å². The van der Waals surface area contributed by atoms with E-state index >= 15 is 0 Å². The van der Waals surface area contributed by atoms with Crippen molar-refractivity contribution in [3.8, 4) is 17.2 Å². The van der Waals surface area contributed by atoms with Gasteiger partial charge >= 0.3 is 0 Å². The molecule has 140 valence electrons. The van der Waals surface area contributed by atoms with Crippen LogP contribution in [0.3, 0.4) is 0 Å². The van der Waals surface area contributed by atoms with E-state index in [1.165, 1.54) is 11.1 Å². The second-order valence-corrected chi connectivity index (χ2v) is 6.61. The van der Waals surface area contributed by atoms with Crippen LogP contribution in [0.4, 0.5) is 0 Å². The smallest absolute Gasteiger partial charge is 0.161 e. The third kappa shape index (κ3) is 4.11. The van der Waals surface area contributed by atoms with Crippen LogP contribution < -0.4 is 19.5 Å². The highest BCUT2D eigenvalue weighted by Crippen LogP contribution is 2.34. The van der Waals surface area contributed by atoms with Crippen LogP contribution in [0.15, 0.2) is 36.4 Å². The van der Waals surface area contributed by atoms with Gasteiger partial charge in [-0.25, -0.2) is 0 Å². The molecule has 26 heavy (non-hydrogen) atoms. The number of methoxy groups -OCH3 is 3. The Kier molecular flexibility index (Phi) is 6.01. The molecule has 5 heteroatoms. The lowest BCUT2D eigenvalue weighted by atomic mass is 9.87. The van der Waals surface area contributed by atoms with E-state index in [9.17, 15) is 5.11 Å². The first-order valence-corrected chi connectivity index (χ1v) is 8.93. The molecule has 0 radical (unpaired) electrons. The Balaban J connectivity index is 1.60. The number of rotatable bonds is 7. The average Bonchev–Trinajstić information content (AvgIpc) is 2.70. The number of aliphatic hydroxyl groups is 1. The van der Waals surface area contributed by atoms with Crippen LogP contribution in [0, 0.1) is 0 Å². The van der Waals surface area contributed by atoms with Crippen LogP contribution in [0.5, 0.6) is 17.2 Å². The van der Waals surface area contributed by atoms with Gasteiger partial charge in [0.15, 0.2) is 11.5 Å². The van der Waals surface area contributed by atoms with Gasteiger partial charge < -0.3 is 24.6 Å². The summed E-state index contributed by atoms with van der Waals surface area (Å²) in [6, 6.07) is 12.0. The number of fused-ring (bicyclic) bond motifs is 1. The number of benzene rings is 2. The summed E-state index contributed by atoms with van der Waals surface area (Å²) >= 11 is 0. The summed E-state index contributed by atoms with van der Waals surface area (Å²) in [5, 5.41) is 13.9. The zero-order chi connectivity index (χ0) is 18.5. The van der Waals surface area contributed by atoms with Crippen LogP contribution in [0.2, 0.25) is 0 Å². The fraction of sp³-hybridized carbons (Fsp3) is 0.429. The molecule has 0 amide bonds. The first kappa shape index (κ1) is 18.5. The molecule has 0 aromatic heterocycles. The van der Waals surface area contributed by atoms with Crippen molar-refractivity contribution in [2.24, 2.45) is 0 Å². The van der Waals surface area contributed by atoms with Crippen LogP contribution in [0.25, 0.3) is 0 Å². The molecule has 2 unspecified atom stereocenters. The molecule has 2 aromatic carbocycles. The van der Waals surface area contributed by atoms with Gasteiger partial charge in [-0.1, -0.05) is 12.1 Å². The summed E-state index contributed by atoms with van der Waals surface area (Å²) in [7, 11) is 4.96. The number of nitrogens with one attached hydrogen (secondary N) is 1. The Labute approximate surface area is 154 Å². The minimum Gasteiger partial charge on any atom is -0.497 e. The van der Waals surface area contributed by atoms with E-state index in [2.05, 4.69) is 17.4 Å². The third-order valence-corrected chi connectivity index (χ3v) is 5.03. The van der Waals surface area contributed by atoms with E-state index in [0.29, 0.717) is 12.6 Å². The Morgan fingerprint density at radius 2 is 1.65 bits per heavy atom. The molecular formula is C21H27NO4. The second kappa shape index (κ2) is 8.43. The molecule has 5 nitrogen and oxygen atoms in total. The molecule has 1 aliphatic carbocycles. The van der Waals surface area contributed by atoms with Crippen molar-refractivity contribution >= 4 is 0 Å². The number of hydrogen-bond acceptors (Lipinski definition) is 5. The lowest BCUT2D eigenvalue weighted by Crippen LogP contribution is -2.37. The Morgan fingerprint density at radius 3 is 2.27 bits per heavy atom. The molecule has 0 spiro atoms.